The summed E-state index contributed by atoms with van der Waals surface area (Å²) in [5.41, 5.74) is 8.17. The number of hydrogen-bond donors (Lipinski definition) is 3. The van der Waals surface area contributed by atoms with Crippen LogP contribution in [0.1, 0.15) is 46.6 Å². The molecule has 2 fully saturated rings. The van der Waals surface area contributed by atoms with Gasteiger partial charge in [0.2, 0.25) is 0 Å². The van der Waals surface area contributed by atoms with E-state index in [1.807, 2.05) is 11.8 Å². The molecule has 0 spiro atoms. The van der Waals surface area contributed by atoms with E-state index in [0.29, 0.717) is 20.9 Å². The van der Waals surface area contributed by atoms with Crippen LogP contribution in [0.3, 0.4) is 0 Å². The van der Waals surface area contributed by atoms with Gasteiger partial charge in [-0.1, -0.05) is 6.92 Å². The van der Waals surface area contributed by atoms with Crippen LogP contribution in [-0.2, 0) is 0 Å². The first-order valence-corrected chi connectivity index (χ1v) is 11.9. The van der Waals surface area contributed by atoms with Crippen molar-refractivity contribution in [2.24, 2.45) is 0 Å². The Balaban J connectivity index is 1.31. The zero-order chi connectivity index (χ0) is 23.3. The maximum Gasteiger partial charge on any atom is 0.263 e. The van der Waals surface area contributed by atoms with Gasteiger partial charge in [-0.15, -0.1) is 11.3 Å². The van der Waals surface area contributed by atoms with E-state index in [1.165, 1.54) is 23.5 Å². The number of carbonyl (C=O) groups excluding carboxylic acids is 1. The second kappa shape index (κ2) is 8.49. The van der Waals surface area contributed by atoms with Crippen LogP contribution >= 0.6 is 11.3 Å². The highest BCUT2D eigenvalue weighted by Crippen LogP contribution is 2.36. The highest BCUT2D eigenvalue weighted by Gasteiger charge is 2.38. The predicted octanol–water partition coefficient (Wildman–Crippen LogP) is 3.33. The summed E-state index contributed by atoms with van der Waals surface area (Å²) >= 11 is 1.17. The summed E-state index contributed by atoms with van der Waals surface area (Å²) < 4.78 is 30.1. The molecule has 1 amide bonds. The minimum atomic E-state index is -0.462. The van der Waals surface area contributed by atoms with Crippen molar-refractivity contribution in [1.29, 1.82) is 0 Å². The molecule has 33 heavy (non-hydrogen) atoms. The van der Waals surface area contributed by atoms with Crippen molar-refractivity contribution in [2.45, 2.75) is 44.7 Å². The number of benzene rings is 1. The number of anilines is 2. The fourth-order valence-electron chi connectivity index (χ4n) is 4.87. The third-order valence-electron chi connectivity index (χ3n) is 6.59. The third-order valence-corrected chi connectivity index (χ3v) is 7.68. The molecular formula is C23H26F2N6OS. The Morgan fingerprint density at radius 1 is 1.30 bits per heavy atom. The first-order chi connectivity index (χ1) is 15.8. The Morgan fingerprint density at radius 3 is 2.76 bits per heavy atom. The predicted molar refractivity (Wildman–Crippen MR) is 126 cm³/mol. The number of nitrogen functional groups attached to an aromatic ring is 1. The quantitative estimate of drug-likeness (QED) is 0.527. The lowest BCUT2D eigenvalue weighted by Crippen LogP contribution is -2.52. The number of aryl methyl sites for hydroxylation is 1. The Bertz CT molecular complexity index is 1220. The van der Waals surface area contributed by atoms with Crippen molar-refractivity contribution in [1.82, 2.24) is 20.6 Å². The summed E-state index contributed by atoms with van der Waals surface area (Å²) in [7, 11) is 0. The van der Waals surface area contributed by atoms with Crippen LogP contribution in [0.25, 0.3) is 10.3 Å². The van der Waals surface area contributed by atoms with Gasteiger partial charge >= 0.3 is 0 Å². The Hall–Kier alpha value is -2.85. The van der Waals surface area contributed by atoms with Gasteiger partial charge < -0.3 is 21.3 Å². The van der Waals surface area contributed by atoms with Crippen LogP contribution < -0.4 is 21.3 Å². The smallest absolute Gasteiger partial charge is 0.263 e. The lowest BCUT2D eigenvalue weighted by atomic mass is 9.99. The highest BCUT2D eigenvalue weighted by molar-refractivity contribution is 7.21. The molecule has 0 saturated carbocycles. The van der Waals surface area contributed by atoms with E-state index >= 15 is 8.78 Å². The zero-order valence-corrected chi connectivity index (χ0v) is 19.3. The normalized spacial score (nSPS) is 20.9. The van der Waals surface area contributed by atoms with E-state index in [-0.39, 0.29) is 35.8 Å². The van der Waals surface area contributed by atoms with Crippen LogP contribution in [0.15, 0.2) is 18.3 Å². The first kappa shape index (κ1) is 22.0. The number of halogens is 2. The van der Waals surface area contributed by atoms with Crippen molar-refractivity contribution in [3.8, 4) is 0 Å². The minimum absolute atomic E-state index is 0.140. The fourth-order valence-corrected chi connectivity index (χ4v) is 5.89. The summed E-state index contributed by atoms with van der Waals surface area (Å²) in [5, 5.41) is 6.14. The van der Waals surface area contributed by atoms with Crippen LogP contribution in [0.5, 0.6) is 0 Å². The third kappa shape index (κ3) is 3.91. The number of carbonyl (C=O) groups is 1. The van der Waals surface area contributed by atoms with Crippen LogP contribution in [0.2, 0.25) is 0 Å². The molecular weight excluding hydrogens is 446 g/mol. The van der Waals surface area contributed by atoms with Crippen molar-refractivity contribution >= 4 is 39.0 Å². The second-order valence-corrected chi connectivity index (χ2v) is 9.90. The molecule has 3 atom stereocenters. The number of aromatic nitrogens is 2. The van der Waals surface area contributed by atoms with Crippen LogP contribution in [0.4, 0.5) is 20.2 Å². The van der Waals surface area contributed by atoms with Crippen molar-refractivity contribution in [3.05, 3.63) is 46.1 Å². The number of nitrogens with one attached hydrogen (secondary N) is 2. The van der Waals surface area contributed by atoms with Crippen molar-refractivity contribution in [2.75, 3.05) is 30.3 Å². The molecule has 5 rings (SSSR count). The fraction of sp³-hybridized carbons (Fsp3) is 0.435. The van der Waals surface area contributed by atoms with Crippen molar-refractivity contribution in [3.63, 3.8) is 0 Å². The summed E-state index contributed by atoms with van der Waals surface area (Å²) in [6, 6.07) is 2.97. The van der Waals surface area contributed by atoms with Crippen molar-refractivity contribution < 1.29 is 13.6 Å². The van der Waals surface area contributed by atoms with Gasteiger partial charge in [-0.05, 0) is 31.4 Å². The Morgan fingerprint density at radius 2 is 2.03 bits per heavy atom. The molecule has 4 N–H and O–H groups in total. The van der Waals surface area contributed by atoms with Gasteiger partial charge in [0.15, 0.2) is 0 Å². The molecule has 7 nitrogen and oxygen atoms in total. The lowest BCUT2D eigenvalue weighted by molar-refractivity contribution is 0.0956. The molecule has 2 aliphatic heterocycles. The number of amides is 1. The maximum atomic E-state index is 15.1. The number of nitrogens with zero attached hydrogens (tertiary/aromatic N) is 3. The topological polar surface area (TPSA) is 96.2 Å². The number of fused-ring (bicyclic) bond motifs is 3. The standard InChI is InChI=1S/C23H26F2N6OS/c1-11(7-29-22(32)21-19(26)20-23(33-21)30-12(2)8-28-20)15-5-17(25)18(6-16(15)24)31-13-3-4-14(31)10-27-9-13/h5-6,8,11,13-14,27H,3-4,7,9-10,26H2,1-2H3,(H,29,32)/t11-,13?,14?/m0/s1. The molecule has 4 heterocycles. The number of piperazine rings is 1. The van der Waals surface area contributed by atoms with Gasteiger partial charge in [-0.25, -0.2) is 18.7 Å². The van der Waals surface area contributed by atoms with Gasteiger partial charge in [0, 0.05) is 49.9 Å². The Labute approximate surface area is 194 Å². The number of rotatable bonds is 5. The average molecular weight is 473 g/mol. The average Bonchev–Trinajstić information content (AvgIpc) is 3.24. The largest absolute Gasteiger partial charge is 0.396 e. The zero-order valence-electron chi connectivity index (χ0n) is 18.5. The lowest BCUT2D eigenvalue weighted by Gasteiger charge is -2.37. The number of hydrogen-bond acceptors (Lipinski definition) is 7. The summed E-state index contributed by atoms with van der Waals surface area (Å²) in [5.74, 6) is -1.69. The van der Waals surface area contributed by atoms with E-state index < -0.39 is 17.6 Å². The van der Waals surface area contributed by atoms with Gasteiger partial charge in [0.25, 0.3) is 5.91 Å². The SMILES string of the molecule is Cc1cnc2c(N)c(C(=O)NC[C@H](C)c3cc(F)c(N4C5CCC4CNC5)cc3F)sc2n1. The molecule has 3 aromatic rings. The molecule has 2 bridgehead atoms. The minimum Gasteiger partial charge on any atom is -0.396 e. The van der Waals surface area contributed by atoms with E-state index in [9.17, 15) is 4.79 Å². The summed E-state index contributed by atoms with van der Waals surface area (Å²) in [6.45, 7) is 5.28. The van der Waals surface area contributed by atoms with Gasteiger partial charge in [0.05, 0.1) is 17.1 Å². The molecule has 174 valence electrons. The second-order valence-electron chi connectivity index (χ2n) is 8.90. The molecule has 0 aliphatic carbocycles. The molecule has 2 aromatic heterocycles. The van der Waals surface area contributed by atoms with E-state index in [1.54, 1.807) is 13.1 Å². The first-order valence-electron chi connectivity index (χ1n) is 11.1. The monoisotopic (exact) mass is 472 g/mol. The molecule has 0 radical (unpaired) electrons. The summed E-state index contributed by atoms with van der Waals surface area (Å²) in [6.07, 6.45) is 3.56. The van der Waals surface area contributed by atoms with E-state index in [4.69, 9.17) is 5.73 Å². The molecule has 10 heteroatoms. The van der Waals surface area contributed by atoms with E-state index in [2.05, 4.69) is 20.6 Å². The Kier molecular flexibility index (Phi) is 5.65. The van der Waals surface area contributed by atoms with Gasteiger partial charge in [-0.3, -0.25) is 4.79 Å². The number of thiophene rings is 1. The van der Waals surface area contributed by atoms with E-state index in [0.717, 1.165) is 31.6 Å². The molecule has 2 unspecified atom stereocenters. The molecule has 2 saturated heterocycles. The molecule has 2 aliphatic rings. The van der Waals surface area contributed by atoms with Gasteiger partial charge in [-0.2, -0.15) is 0 Å². The maximum absolute atomic E-state index is 15.1. The molecule has 1 aromatic carbocycles. The van der Waals surface area contributed by atoms with Crippen LogP contribution in [-0.4, -0.2) is 47.6 Å². The van der Waals surface area contributed by atoms with Gasteiger partial charge in [0.1, 0.15) is 26.9 Å². The number of nitrogens with two attached hydrogens (primary N) is 1. The highest BCUT2D eigenvalue weighted by atomic mass is 32.1. The summed E-state index contributed by atoms with van der Waals surface area (Å²) in [4.78, 5) is 24.3. The van der Waals surface area contributed by atoms with Crippen LogP contribution in [0, 0.1) is 18.6 Å².